The van der Waals surface area contributed by atoms with Crippen molar-refractivity contribution in [1.29, 1.82) is 0 Å². The van der Waals surface area contributed by atoms with E-state index in [0.717, 1.165) is 13.0 Å². The van der Waals surface area contributed by atoms with Gasteiger partial charge >= 0.3 is 0 Å². The van der Waals surface area contributed by atoms with Crippen LogP contribution in [-0.4, -0.2) is 12.1 Å². The van der Waals surface area contributed by atoms with Crippen molar-refractivity contribution in [1.82, 2.24) is 5.32 Å². The molecule has 1 rings (SSSR count). The Bertz CT molecular complexity index is 386. The van der Waals surface area contributed by atoms with Crippen LogP contribution in [0.25, 0.3) is 0 Å². The maximum absolute atomic E-state index is 3.69. The van der Waals surface area contributed by atoms with Crippen LogP contribution < -0.4 is 5.32 Å². The number of hydrogen-bond acceptors (Lipinski definition) is 2. The molecule has 1 aromatic rings. The summed E-state index contributed by atoms with van der Waals surface area (Å²) in [5.74, 6) is 0.675. The van der Waals surface area contributed by atoms with Gasteiger partial charge in [0, 0.05) is 21.8 Å². The molecule has 0 aliphatic rings. The van der Waals surface area contributed by atoms with E-state index in [0.29, 0.717) is 11.3 Å². The van der Waals surface area contributed by atoms with Gasteiger partial charge in [0.25, 0.3) is 0 Å². The summed E-state index contributed by atoms with van der Waals surface area (Å²) < 4.78 is 0. The summed E-state index contributed by atoms with van der Waals surface area (Å²) in [6.45, 7) is 17.2. The van der Waals surface area contributed by atoms with Crippen LogP contribution >= 0.6 is 11.3 Å². The van der Waals surface area contributed by atoms with Crippen LogP contribution in [0.15, 0.2) is 12.1 Å². The molecule has 0 amide bonds. The Kier molecular flexibility index (Phi) is 5.64. The number of rotatable bonds is 6. The predicted molar refractivity (Wildman–Crippen MR) is 88.1 cm³/mol. The molecule has 1 atom stereocenters. The van der Waals surface area contributed by atoms with Crippen LogP contribution in [0.1, 0.15) is 58.2 Å². The molecule has 0 aliphatic carbocycles. The van der Waals surface area contributed by atoms with Gasteiger partial charge in [-0.1, -0.05) is 27.7 Å². The van der Waals surface area contributed by atoms with Gasteiger partial charge < -0.3 is 5.32 Å². The Hall–Kier alpha value is -0.340. The Labute approximate surface area is 123 Å². The molecular formula is C17H31NS. The van der Waals surface area contributed by atoms with Crippen molar-refractivity contribution < 1.29 is 0 Å². The van der Waals surface area contributed by atoms with Crippen molar-refractivity contribution in [2.24, 2.45) is 11.3 Å². The fourth-order valence-corrected chi connectivity index (χ4v) is 3.20. The molecule has 0 saturated heterocycles. The van der Waals surface area contributed by atoms with Crippen molar-refractivity contribution in [3.63, 3.8) is 0 Å². The minimum Gasteiger partial charge on any atom is -0.312 e. The first kappa shape index (κ1) is 16.7. The summed E-state index contributed by atoms with van der Waals surface area (Å²) in [6, 6.07) is 4.61. The lowest BCUT2D eigenvalue weighted by Crippen LogP contribution is -2.45. The summed E-state index contributed by atoms with van der Waals surface area (Å²) >= 11 is 1.98. The van der Waals surface area contributed by atoms with Gasteiger partial charge in [-0.15, -0.1) is 11.3 Å². The lowest BCUT2D eigenvalue weighted by atomic mass is 9.75. The van der Waals surface area contributed by atoms with E-state index in [2.05, 4.69) is 65.9 Å². The van der Waals surface area contributed by atoms with Crippen LogP contribution in [0, 0.1) is 11.3 Å². The van der Waals surface area contributed by atoms with Gasteiger partial charge in [0.15, 0.2) is 0 Å². The molecule has 0 saturated carbocycles. The first-order valence-electron chi connectivity index (χ1n) is 7.49. The molecular weight excluding hydrogens is 250 g/mol. The van der Waals surface area contributed by atoms with Gasteiger partial charge in [0.2, 0.25) is 0 Å². The van der Waals surface area contributed by atoms with Gasteiger partial charge in [-0.05, 0) is 57.1 Å². The molecule has 0 spiro atoms. The molecule has 1 nitrogen and oxygen atoms in total. The largest absolute Gasteiger partial charge is 0.312 e. The minimum absolute atomic E-state index is 0.195. The van der Waals surface area contributed by atoms with Gasteiger partial charge in [-0.3, -0.25) is 0 Å². The molecule has 0 aromatic carbocycles. The van der Waals surface area contributed by atoms with Crippen LogP contribution in [0.5, 0.6) is 0 Å². The van der Waals surface area contributed by atoms with E-state index in [1.165, 1.54) is 16.2 Å². The molecule has 19 heavy (non-hydrogen) atoms. The average molecular weight is 282 g/mol. The predicted octanol–water partition coefficient (Wildman–Crippen LogP) is 4.90. The highest BCUT2D eigenvalue weighted by molar-refractivity contribution is 7.11. The normalized spacial score (nSPS) is 15.8. The molecule has 1 heterocycles. The zero-order valence-electron chi connectivity index (χ0n) is 13.8. The standard InChI is InChI=1S/C17H31NS/c1-8-14-9-10-15(19-14)11-17(7,13(2)3)12-18-16(4,5)6/h9-10,13,18H,8,11-12H2,1-7H3. The van der Waals surface area contributed by atoms with Crippen LogP contribution in [0.2, 0.25) is 0 Å². The lowest BCUT2D eigenvalue weighted by molar-refractivity contribution is 0.189. The number of nitrogens with one attached hydrogen (secondary N) is 1. The maximum atomic E-state index is 3.69. The first-order chi connectivity index (χ1) is 8.66. The van der Waals surface area contributed by atoms with Gasteiger partial charge in [-0.25, -0.2) is 0 Å². The molecule has 1 N–H and O–H groups in total. The number of thiophene rings is 1. The van der Waals surface area contributed by atoms with Crippen molar-refractivity contribution >= 4 is 11.3 Å². The Morgan fingerprint density at radius 2 is 1.68 bits per heavy atom. The van der Waals surface area contributed by atoms with Gasteiger partial charge in [0.05, 0.1) is 0 Å². The molecule has 1 unspecified atom stereocenters. The monoisotopic (exact) mass is 281 g/mol. The van der Waals surface area contributed by atoms with Gasteiger partial charge in [0.1, 0.15) is 0 Å². The molecule has 0 fully saturated rings. The van der Waals surface area contributed by atoms with E-state index >= 15 is 0 Å². The summed E-state index contributed by atoms with van der Waals surface area (Å²) in [5, 5.41) is 3.69. The molecule has 1 aromatic heterocycles. The third kappa shape index (κ3) is 5.27. The van der Waals surface area contributed by atoms with E-state index in [4.69, 9.17) is 0 Å². The Morgan fingerprint density at radius 3 is 2.11 bits per heavy atom. The van der Waals surface area contributed by atoms with E-state index < -0.39 is 0 Å². The lowest BCUT2D eigenvalue weighted by Gasteiger charge is -2.37. The highest BCUT2D eigenvalue weighted by atomic mass is 32.1. The molecule has 0 bridgehead atoms. The van der Waals surface area contributed by atoms with Crippen molar-refractivity contribution in [3.05, 3.63) is 21.9 Å². The first-order valence-corrected chi connectivity index (χ1v) is 8.30. The number of hydrogen-bond donors (Lipinski definition) is 1. The second-order valence-corrected chi connectivity index (χ2v) is 8.56. The molecule has 0 radical (unpaired) electrons. The highest BCUT2D eigenvalue weighted by Gasteiger charge is 2.30. The topological polar surface area (TPSA) is 12.0 Å². The fraction of sp³-hybridized carbons (Fsp3) is 0.765. The average Bonchev–Trinajstić information content (AvgIpc) is 2.73. The second kappa shape index (κ2) is 6.41. The van der Waals surface area contributed by atoms with Gasteiger partial charge in [-0.2, -0.15) is 0 Å². The Balaban J connectivity index is 2.75. The van der Waals surface area contributed by atoms with Crippen LogP contribution in [0.3, 0.4) is 0 Å². The second-order valence-electron chi connectivity index (χ2n) is 7.31. The van der Waals surface area contributed by atoms with Crippen molar-refractivity contribution in [3.8, 4) is 0 Å². The number of aryl methyl sites for hydroxylation is 1. The van der Waals surface area contributed by atoms with Crippen molar-refractivity contribution in [2.45, 2.75) is 66.8 Å². The van der Waals surface area contributed by atoms with Crippen LogP contribution in [-0.2, 0) is 12.8 Å². The zero-order chi connectivity index (χ0) is 14.7. The summed E-state index contributed by atoms with van der Waals surface area (Å²) in [6.07, 6.45) is 2.34. The molecule has 0 aliphatic heterocycles. The third-order valence-electron chi connectivity index (χ3n) is 4.06. The minimum atomic E-state index is 0.195. The summed E-state index contributed by atoms with van der Waals surface area (Å²) in [7, 11) is 0. The van der Waals surface area contributed by atoms with E-state index in [1.54, 1.807) is 0 Å². The smallest absolute Gasteiger partial charge is 0.00967 e. The Morgan fingerprint density at radius 1 is 1.11 bits per heavy atom. The fourth-order valence-electron chi connectivity index (χ4n) is 2.04. The quantitative estimate of drug-likeness (QED) is 0.781. The molecule has 2 heteroatoms. The third-order valence-corrected chi connectivity index (χ3v) is 5.29. The maximum Gasteiger partial charge on any atom is 0.00967 e. The molecule has 110 valence electrons. The van der Waals surface area contributed by atoms with E-state index in [-0.39, 0.29) is 5.54 Å². The van der Waals surface area contributed by atoms with E-state index in [9.17, 15) is 0 Å². The zero-order valence-corrected chi connectivity index (χ0v) is 14.6. The van der Waals surface area contributed by atoms with Crippen molar-refractivity contribution in [2.75, 3.05) is 6.54 Å². The van der Waals surface area contributed by atoms with E-state index in [1.807, 2.05) is 11.3 Å². The summed E-state index contributed by atoms with van der Waals surface area (Å²) in [5.41, 5.74) is 0.517. The van der Waals surface area contributed by atoms with Crippen LogP contribution in [0.4, 0.5) is 0 Å². The SMILES string of the molecule is CCc1ccc(CC(C)(CNC(C)(C)C)C(C)C)s1. The summed E-state index contributed by atoms with van der Waals surface area (Å²) in [4.78, 5) is 3.04. The highest BCUT2D eigenvalue weighted by Crippen LogP contribution is 2.33.